The van der Waals surface area contributed by atoms with Crippen LogP contribution in [0.4, 0.5) is 0 Å². The van der Waals surface area contributed by atoms with Crippen LogP contribution in [0.5, 0.6) is 0 Å². The van der Waals surface area contributed by atoms with E-state index in [1.807, 2.05) is 36.0 Å². The van der Waals surface area contributed by atoms with E-state index in [1.165, 1.54) is 9.77 Å². The van der Waals surface area contributed by atoms with Crippen molar-refractivity contribution in [3.8, 4) is 0 Å². The van der Waals surface area contributed by atoms with Crippen LogP contribution in [0.25, 0.3) is 0 Å². The average Bonchev–Trinajstić information content (AvgIpc) is 2.76. The molecule has 0 amide bonds. The molecule has 1 aromatic heterocycles. The van der Waals surface area contributed by atoms with Crippen molar-refractivity contribution >= 4 is 23.1 Å². The third-order valence-electron chi connectivity index (χ3n) is 2.54. The van der Waals surface area contributed by atoms with Crippen molar-refractivity contribution in [2.24, 2.45) is 0 Å². The number of aliphatic hydroxyl groups excluding tert-OH is 1. The third kappa shape index (κ3) is 3.12. The molecule has 0 bridgehead atoms. The van der Waals surface area contributed by atoms with Gasteiger partial charge in [0.05, 0.1) is 0 Å². The fraction of sp³-hybridized carbons (Fsp3) is 0.286. The number of thiophene rings is 1. The van der Waals surface area contributed by atoms with E-state index in [0.29, 0.717) is 0 Å². The summed E-state index contributed by atoms with van der Waals surface area (Å²) in [5, 5.41) is 10.2. The molecule has 1 heterocycles. The molecule has 1 atom stereocenters. The Morgan fingerprint density at radius 3 is 2.41 bits per heavy atom. The van der Waals surface area contributed by atoms with Crippen LogP contribution in [0.1, 0.15) is 28.3 Å². The molecule has 0 aliphatic carbocycles. The summed E-state index contributed by atoms with van der Waals surface area (Å²) in [5.41, 5.74) is 0.965. The first-order chi connectivity index (χ1) is 8.20. The summed E-state index contributed by atoms with van der Waals surface area (Å²) in [4.78, 5) is 3.50. The summed E-state index contributed by atoms with van der Waals surface area (Å²) in [6, 6.07) is 12.2. The summed E-state index contributed by atoms with van der Waals surface area (Å²) in [6.45, 7) is 4.20. The van der Waals surface area contributed by atoms with Crippen molar-refractivity contribution in [2.75, 3.05) is 5.75 Å². The lowest BCUT2D eigenvalue weighted by molar-refractivity contribution is 0.224. The fourth-order valence-electron chi connectivity index (χ4n) is 1.68. The van der Waals surface area contributed by atoms with Gasteiger partial charge in [0.25, 0.3) is 0 Å². The average molecular weight is 264 g/mol. The van der Waals surface area contributed by atoms with E-state index in [1.54, 1.807) is 11.3 Å². The van der Waals surface area contributed by atoms with Crippen LogP contribution >= 0.6 is 23.1 Å². The maximum atomic E-state index is 10.2. The number of benzene rings is 1. The summed E-state index contributed by atoms with van der Waals surface area (Å²) in [6.07, 6.45) is -0.491. The van der Waals surface area contributed by atoms with E-state index in [9.17, 15) is 5.11 Å². The number of hydrogen-bond donors (Lipinski definition) is 1. The van der Waals surface area contributed by atoms with Gasteiger partial charge < -0.3 is 5.11 Å². The standard InChI is InChI=1S/C14H16OS2/c1-3-16-12-7-5-11(6-8-12)14(15)13-9-4-10(2)17-13/h4-9,14-15H,3H2,1-2H3. The molecule has 17 heavy (non-hydrogen) atoms. The second-order valence-electron chi connectivity index (χ2n) is 3.85. The van der Waals surface area contributed by atoms with E-state index in [-0.39, 0.29) is 0 Å². The maximum absolute atomic E-state index is 10.2. The summed E-state index contributed by atoms with van der Waals surface area (Å²) in [7, 11) is 0. The van der Waals surface area contributed by atoms with E-state index in [0.717, 1.165) is 16.2 Å². The van der Waals surface area contributed by atoms with Crippen LogP contribution in [-0.2, 0) is 0 Å². The number of rotatable bonds is 4. The molecule has 2 rings (SSSR count). The molecular weight excluding hydrogens is 248 g/mol. The first-order valence-corrected chi connectivity index (χ1v) is 7.48. The van der Waals surface area contributed by atoms with E-state index in [4.69, 9.17) is 0 Å². The summed E-state index contributed by atoms with van der Waals surface area (Å²) >= 11 is 3.47. The highest BCUT2D eigenvalue weighted by molar-refractivity contribution is 7.99. The lowest BCUT2D eigenvalue weighted by Crippen LogP contribution is -1.96. The number of thioether (sulfide) groups is 1. The molecule has 0 radical (unpaired) electrons. The topological polar surface area (TPSA) is 20.2 Å². The second-order valence-corrected chi connectivity index (χ2v) is 6.51. The largest absolute Gasteiger partial charge is 0.383 e. The first kappa shape index (κ1) is 12.7. The van der Waals surface area contributed by atoms with Crippen molar-refractivity contribution < 1.29 is 5.11 Å². The van der Waals surface area contributed by atoms with E-state index < -0.39 is 6.10 Å². The quantitative estimate of drug-likeness (QED) is 0.833. The van der Waals surface area contributed by atoms with Crippen LogP contribution in [-0.4, -0.2) is 10.9 Å². The van der Waals surface area contributed by atoms with Gasteiger partial charge in [0, 0.05) is 14.6 Å². The molecule has 0 saturated heterocycles. The molecule has 1 N–H and O–H groups in total. The van der Waals surface area contributed by atoms with Gasteiger partial charge in [-0.15, -0.1) is 23.1 Å². The molecule has 0 spiro atoms. The highest BCUT2D eigenvalue weighted by Crippen LogP contribution is 2.29. The van der Waals surface area contributed by atoms with Gasteiger partial charge in [-0.05, 0) is 42.5 Å². The normalized spacial score (nSPS) is 12.6. The SMILES string of the molecule is CCSc1ccc(C(O)c2ccc(C)s2)cc1. The first-order valence-electron chi connectivity index (χ1n) is 5.68. The van der Waals surface area contributed by atoms with E-state index >= 15 is 0 Å². The predicted octanol–water partition coefficient (Wildman–Crippen LogP) is 4.25. The minimum atomic E-state index is -0.491. The van der Waals surface area contributed by atoms with Gasteiger partial charge in [0.2, 0.25) is 0 Å². The molecule has 0 aliphatic heterocycles. The highest BCUT2D eigenvalue weighted by atomic mass is 32.2. The van der Waals surface area contributed by atoms with E-state index in [2.05, 4.69) is 26.0 Å². The van der Waals surface area contributed by atoms with Crippen LogP contribution in [0.15, 0.2) is 41.3 Å². The van der Waals surface area contributed by atoms with Gasteiger partial charge >= 0.3 is 0 Å². The van der Waals surface area contributed by atoms with Crippen molar-refractivity contribution in [2.45, 2.75) is 24.8 Å². The minimum Gasteiger partial charge on any atom is -0.383 e. The van der Waals surface area contributed by atoms with Crippen molar-refractivity contribution in [1.29, 1.82) is 0 Å². The lowest BCUT2D eigenvalue weighted by atomic mass is 10.1. The van der Waals surface area contributed by atoms with Gasteiger partial charge in [-0.1, -0.05) is 19.1 Å². The molecule has 90 valence electrons. The van der Waals surface area contributed by atoms with Gasteiger partial charge in [-0.3, -0.25) is 0 Å². The Morgan fingerprint density at radius 2 is 1.88 bits per heavy atom. The summed E-state index contributed by atoms with van der Waals surface area (Å²) in [5.74, 6) is 1.08. The smallest absolute Gasteiger partial charge is 0.113 e. The molecule has 0 fully saturated rings. The molecule has 1 unspecified atom stereocenters. The Labute approximate surface area is 111 Å². The molecule has 0 aliphatic rings. The zero-order valence-corrected chi connectivity index (χ0v) is 11.6. The Balaban J connectivity index is 2.16. The fourth-order valence-corrected chi connectivity index (χ4v) is 3.23. The summed E-state index contributed by atoms with van der Waals surface area (Å²) < 4.78 is 0. The van der Waals surface area contributed by atoms with Crippen molar-refractivity contribution in [1.82, 2.24) is 0 Å². The highest BCUT2D eigenvalue weighted by Gasteiger charge is 2.11. The number of aliphatic hydroxyl groups is 1. The Morgan fingerprint density at radius 1 is 1.18 bits per heavy atom. The number of hydrogen-bond acceptors (Lipinski definition) is 3. The number of aryl methyl sites for hydroxylation is 1. The molecule has 3 heteroatoms. The Kier molecular flexibility index (Phi) is 4.26. The minimum absolute atomic E-state index is 0.491. The molecule has 0 saturated carbocycles. The van der Waals surface area contributed by atoms with Crippen LogP contribution < -0.4 is 0 Å². The Bertz CT molecular complexity index is 473. The molecular formula is C14H16OS2. The molecule has 1 nitrogen and oxygen atoms in total. The van der Waals surface area contributed by atoms with Gasteiger partial charge in [-0.2, -0.15) is 0 Å². The van der Waals surface area contributed by atoms with Gasteiger partial charge in [0.1, 0.15) is 6.10 Å². The monoisotopic (exact) mass is 264 g/mol. The lowest BCUT2D eigenvalue weighted by Gasteiger charge is -2.09. The van der Waals surface area contributed by atoms with Crippen LogP contribution in [0.3, 0.4) is 0 Å². The van der Waals surface area contributed by atoms with Crippen molar-refractivity contribution in [3.05, 3.63) is 51.7 Å². The van der Waals surface area contributed by atoms with Crippen LogP contribution in [0.2, 0.25) is 0 Å². The van der Waals surface area contributed by atoms with Crippen LogP contribution in [0, 0.1) is 6.92 Å². The van der Waals surface area contributed by atoms with Gasteiger partial charge in [-0.25, -0.2) is 0 Å². The maximum Gasteiger partial charge on any atom is 0.113 e. The Hall–Kier alpha value is -0.770. The zero-order chi connectivity index (χ0) is 12.3. The van der Waals surface area contributed by atoms with Crippen molar-refractivity contribution in [3.63, 3.8) is 0 Å². The van der Waals surface area contributed by atoms with Gasteiger partial charge in [0.15, 0.2) is 0 Å². The second kappa shape index (κ2) is 5.71. The predicted molar refractivity (Wildman–Crippen MR) is 76.0 cm³/mol. The zero-order valence-electron chi connectivity index (χ0n) is 10.0. The molecule has 2 aromatic rings. The molecule has 1 aromatic carbocycles. The third-order valence-corrected chi connectivity index (χ3v) is 4.48.